The summed E-state index contributed by atoms with van der Waals surface area (Å²) in [6.45, 7) is 8.17. The Morgan fingerprint density at radius 2 is 2.27 bits per heavy atom. The number of aromatic nitrogens is 1. The average molecular weight is 478 g/mol. The maximum atomic E-state index is 5.66. The van der Waals surface area contributed by atoms with Gasteiger partial charge in [0.25, 0.3) is 0 Å². The number of rotatable bonds is 10. The summed E-state index contributed by atoms with van der Waals surface area (Å²) in [5.41, 5.74) is 0. The maximum Gasteiger partial charge on any atom is 0.194 e. The molecule has 2 heterocycles. The van der Waals surface area contributed by atoms with Crippen LogP contribution in [0.1, 0.15) is 13.3 Å². The third-order valence-corrected chi connectivity index (χ3v) is 3.96. The molecule has 0 spiro atoms. The van der Waals surface area contributed by atoms with Gasteiger partial charge in [-0.2, -0.15) is 0 Å². The molecule has 1 saturated heterocycles. The largest absolute Gasteiger partial charge is 0.490 e. The van der Waals surface area contributed by atoms with E-state index in [0.717, 1.165) is 44.4 Å². The lowest BCUT2D eigenvalue weighted by molar-refractivity contribution is 0.0536. The highest BCUT2D eigenvalue weighted by atomic mass is 127. The molecule has 26 heavy (non-hydrogen) atoms. The first-order valence-electron chi connectivity index (χ1n) is 8.96. The van der Waals surface area contributed by atoms with Crippen LogP contribution in [0.3, 0.4) is 0 Å². The topological polar surface area (TPSA) is 68.2 Å². The van der Waals surface area contributed by atoms with Crippen molar-refractivity contribution in [3.05, 3.63) is 24.5 Å². The molecule has 8 heteroatoms. The number of nitrogens with zero attached hydrogens (tertiary/aromatic N) is 3. The first kappa shape index (κ1) is 22.9. The van der Waals surface area contributed by atoms with Crippen LogP contribution in [0.5, 0.6) is 5.75 Å². The molecule has 0 saturated carbocycles. The van der Waals surface area contributed by atoms with Gasteiger partial charge in [-0.25, -0.2) is 4.99 Å². The molecule has 1 aromatic rings. The van der Waals surface area contributed by atoms with Crippen molar-refractivity contribution < 1.29 is 14.2 Å². The molecule has 1 aliphatic rings. The number of aliphatic imine (C=N–C) groups is 1. The number of halogens is 1. The minimum atomic E-state index is 0. The Bertz CT molecular complexity index is 504. The second-order valence-corrected chi connectivity index (χ2v) is 5.94. The summed E-state index contributed by atoms with van der Waals surface area (Å²) in [6.07, 6.45) is 4.57. The normalized spacial score (nSPS) is 17.1. The standard InChI is InChI=1S/C18H30N4O3.HI/c1-3-20-18(21-8-10-25-17-5-4-7-19-13-17)22-9-6-16(14-22)15-24-12-11-23-2;/h4-5,7,13,16H,3,6,8-12,14-15H2,1-2H3,(H,20,21);1H. The van der Waals surface area contributed by atoms with Crippen molar-refractivity contribution >= 4 is 29.9 Å². The smallest absolute Gasteiger partial charge is 0.194 e. The Balaban J connectivity index is 0.00000338. The van der Waals surface area contributed by atoms with E-state index in [0.29, 0.717) is 32.3 Å². The number of guanidine groups is 1. The quantitative estimate of drug-likeness (QED) is 0.240. The molecule has 0 aliphatic carbocycles. The summed E-state index contributed by atoms with van der Waals surface area (Å²) in [7, 11) is 1.69. The van der Waals surface area contributed by atoms with Crippen LogP contribution < -0.4 is 10.1 Å². The molecule has 1 atom stereocenters. The van der Waals surface area contributed by atoms with Gasteiger partial charge < -0.3 is 24.4 Å². The van der Waals surface area contributed by atoms with E-state index in [1.165, 1.54) is 0 Å². The Morgan fingerprint density at radius 3 is 3.00 bits per heavy atom. The van der Waals surface area contributed by atoms with Gasteiger partial charge in [-0.3, -0.25) is 4.98 Å². The van der Waals surface area contributed by atoms with Crippen molar-refractivity contribution in [3.63, 3.8) is 0 Å². The van der Waals surface area contributed by atoms with Crippen LogP contribution in [-0.4, -0.2) is 75.6 Å². The second-order valence-electron chi connectivity index (χ2n) is 5.94. The number of pyridine rings is 1. The monoisotopic (exact) mass is 478 g/mol. The lowest BCUT2D eigenvalue weighted by atomic mass is 10.1. The SMILES string of the molecule is CCNC(=NCCOc1cccnc1)N1CCC(COCCOC)C1.I. The third kappa shape index (κ3) is 8.50. The Hall–Kier alpha value is -1.13. The number of nitrogens with one attached hydrogen (secondary N) is 1. The lowest BCUT2D eigenvalue weighted by Crippen LogP contribution is -2.40. The number of hydrogen-bond acceptors (Lipinski definition) is 5. The highest BCUT2D eigenvalue weighted by Crippen LogP contribution is 2.16. The summed E-state index contributed by atoms with van der Waals surface area (Å²) < 4.78 is 16.3. The van der Waals surface area contributed by atoms with Gasteiger partial charge in [-0.15, -0.1) is 24.0 Å². The van der Waals surface area contributed by atoms with Crippen molar-refractivity contribution in [2.24, 2.45) is 10.9 Å². The summed E-state index contributed by atoms with van der Waals surface area (Å²) in [5.74, 6) is 2.28. The Kier molecular flexibility index (Phi) is 12.3. The molecule has 0 aromatic carbocycles. The fourth-order valence-corrected chi connectivity index (χ4v) is 2.73. The van der Waals surface area contributed by atoms with Crippen molar-refractivity contribution in [1.82, 2.24) is 15.2 Å². The summed E-state index contributed by atoms with van der Waals surface area (Å²) in [5, 5.41) is 3.37. The van der Waals surface area contributed by atoms with Gasteiger partial charge in [0.1, 0.15) is 12.4 Å². The van der Waals surface area contributed by atoms with Crippen LogP contribution in [0.2, 0.25) is 0 Å². The van der Waals surface area contributed by atoms with Crippen LogP contribution in [0.25, 0.3) is 0 Å². The number of likely N-dealkylation sites (tertiary alicyclic amines) is 1. The molecule has 1 aromatic heterocycles. The van der Waals surface area contributed by atoms with Crippen LogP contribution in [-0.2, 0) is 9.47 Å². The summed E-state index contributed by atoms with van der Waals surface area (Å²) >= 11 is 0. The number of methoxy groups -OCH3 is 1. The molecule has 2 rings (SSSR count). The molecular weight excluding hydrogens is 447 g/mol. The van der Waals surface area contributed by atoms with E-state index in [4.69, 9.17) is 14.2 Å². The highest BCUT2D eigenvalue weighted by Gasteiger charge is 2.24. The van der Waals surface area contributed by atoms with Crippen LogP contribution in [0.15, 0.2) is 29.5 Å². The molecule has 0 amide bonds. The van der Waals surface area contributed by atoms with Gasteiger partial charge >= 0.3 is 0 Å². The van der Waals surface area contributed by atoms with Gasteiger partial charge in [-0.1, -0.05) is 0 Å². The van der Waals surface area contributed by atoms with E-state index in [-0.39, 0.29) is 24.0 Å². The van der Waals surface area contributed by atoms with E-state index in [1.807, 2.05) is 12.1 Å². The third-order valence-electron chi connectivity index (χ3n) is 3.96. The lowest BCUT2D eigenvalue weighted by Gasteiger charge is -2.21. The fourth-order valence-electron chi connectivity index (χ4n) is 2.73. The van der Waals surface area contributed by atoms with E-state index < -0.39 is 0 Å². The molecular formula is C18H31IN4O3. The van der Waals surface area contributed by atoms with Gasteiger partial charge in [0.05, 0.1) is 32.6 Å². The molecule has 1 fully saturated rings. The molecule has 0 bridgehead atoms. The van der Waals surface area contributed by atoms with Gasteiger partial charge in [-0.05, 0) is 25.5 Å². The second kappa shape index (κ2) is 14.0. The number of ether oxygens (including phenoxy) is 3. The van der Waals surface area contributed by atoms with E-state index >= 15 is 0 Å². The number of hydrogen-bond donors (Lipinski definition) is 1. The Labute approximate surface area is 173 Å². The van der Waals surface area contributed by atoms with Crippen molar-refractivity contribution in [2.45, 2.75) is 13.3 Å². The van der Waals surface area contributed by atoms with Crippen LogP contribution >= 0.6 is 24.0 Å². The highest BCUT2D eigenvalue weighted by molar-refractivity contribution is 14.0. The zero-order chi connectivity index (χ0) is 17.7. The molecule has 7 nitrogen and oxygen atoms in total. The average Bonchev–Trinajstić information content (AvgIpc) is 3.11. The van der Waals surface area contributed by atoms with Gasteiger partial charge in [0.2, 0.25) is 0 Å². The molecule has 1 aliphatic heterocycles. The molecule has 1 N–H and O–H groups in total. The first-order chi connectivity index (χ1) is 12.3. The van der Waals surface area contributed by atoms with E-state index in [1.54, 1.807) is 19.5 Å². The molecule has 148 valence electrons. The zero-order valence-electron chi connectivity index (χ0n) is 15.7. The minimum Gasteiger partial charge on any atom is -0.490 e. The van der Waals surface area contributed by atoms with Crippen molar-refractivity contribution in [1.29, 1.82) is 0 Å². The molecule has 0 radical (unpaired) electrons. The Morgan fingerprint density at radius 1 is 1.38 bits per heavy atom. The van der Waals surface area contributed by atoms with Crippen LogP contribution in [0.4, 0.5) is 0 Å². The maximum absolute atomic E-state index is 5.66. The zero-order valence-corrected chi connectivity index (χ0v) is 18.1. The van der Waals surface area contributed by atoms with Crippen LogP contribution in [0, 0.1) is 5.92 Å². The first-order valence-corrected chi connectivity index (χ1v) is 8.96. The van der Waals surface area contributed by atoms with E-state index in [9.17, 15) is 0 Å². The predicted molar refractivity (Wildman–Crippen MR) is 114 cm³/mol. The van der Waals surface area contributed by atoms with Gasteiger partial charge in [0.15, 0.2) is 5.96 Å². The summed E-state index contributed by atoms with van der Waals surface area (Å²) in [6, 6.07) is 3.76. The van der Waals surface area contributed by atoms with Crippen molar-refractivity contribution in [2.75, 3.05) is 59.7 Å². The minimum absolute atomic E-state index is 0. The van der Waals surface area contributed by atoms with Gasteiger partial charge in [0, 0.05) is 38.9 Å². The van der Waals surface area contributed by atoms with Crippen molar-refractivity contribution in [3.8, 4) is 5.75 Å². The fraction of sp³-hybridized carbons (Fsp3) is 0.667. The van der Waals surface area contributed by atoms with E-state index in [2.05, 4.69) is 27.1 Å². The predicted octanol–water partition coefficient (Wildman–Crippen LogP) is 2.03. The summed E-state index contributed by atoms with van der Waals surface area (Å²) in [4.78, 5) is 11.0. The molecule has 1 unspecified atom stereocenters.